The van der Waals surface area contributed by atoms with Gasteiger partial charge in [0.1, 0.15) is 12.3 Å². The highest BCUT2D eigenvalue weighted by molar-refractivity contribution is 5.76. The van der Waals surface area contributed by atoms with Crippen LogP contribution in [0.3, 0.4) is 0 Å². The quantitative estimate of drug-likeness (QED) is 0.522. The van der Waals surface area contributed by atoms with Gasteiger partial charge in [0.05, 0.1) is 21.3 Å². The minimum Gasteiger partial charge on any atom is -0.497 e. The van der Waals surface area contributed by atoms with E-state index in [0.717, 1.165) is 29.7 Å². The molecule has 9 nitrogen and oxygen atoms in total. The zero-order valence-corrected chi connectivity index (χ0v) is 17.8. The number of amides is 1. The molecular weight excluding hydrogens is 398 g/mol. The maximum atomic E-state index is 13.0. The van der Waals surface area contributed by atoms with Gasteiger partial charge in [0, 0.05) is 18.2 Å². The van der Waals surface area contributed by atoms with E-state index in [1.807, 2.05) is 35.2 Å². The standard InChI is InChI=1S/C22H25N5O4/c1-29-18-9-4-15(5-10-18)13-26(17-7-8-17)21(28)14-27-24-22(23-25-27)16-6-11-19(30-2)20(12-16)31-3/h4-6,9-12,17H,7-8,13-14H2,1-3H3. The van der Waals surface area contributed by atoms with Crippen molar-refractivity contribution in [1.29, 1.82) is 0 Å². The molecule has 0 N–H and O–H groups in total. The van der Waals surface area contributed by atoms with Gasteiger partial charge < -0.3 is 19.1 Å². The molecule has 1 fully saturated rings. The predicted octanol–water partition coefficient (Wildman–Crippen LogP) is 2.56. The van der Waals surface area contributed by atoms with E-state index in [1.54, 1.807) is 33.5 Å². The van der Waals surface area contributed by atoms with Crippen LogP contribution in [0.1, 0.15) is 18.4 Å². The largest absolute Gasteiger partial charge is 0.497 e. The number of nitrogens with zero attached hydrogens (tertiary/aromatic N) is 5. The second-order valence-electron chi connectivity index (χ2n) is 7.31. The van der Waals surface area contributed by atoms with Crippen molar-refractivity contribution in [2.24, 2.45) is 0 Å². The summed E-state index contributed by atoms with van der Waals surface area (Å²) in [4.78, 5) is 16.2. The first kappa shape index (κ1) is 20.6. The van der Waals surface area contributed by atoms with Gasteiger partial charge >= 0.3 is 0 Å². The Bertz CT molecular complexity index is 1050. The van der Waals surface area contributed by atoms with Crippen LogP contribution in [0.5, 0.6) is 17.2 Å². The Kier molecular flexibility index (Phi) is 6.01. The summed E-state index contributed by atoms with van der Waals surface area (Å²) in [5.41, 5.74) is 1.78. The number of benzene rings is 2. The molecular formula is C22H25N5O4. The minimum atomic E-state index is -0.0328. The summed E-state index contributed by atoms with van der Waals surface area (Å²) in [7, 11) is 4.78. The van der Waals surface area contributed by atoms with E-state index in [9.17, 15) is 4.79 Å². The number of tetrazole rings is 1. The molecule has 0 bridgehead atoms. The summed E-state index contributed by atoms with van der Waals surface area (Å²) in [6.07, 6.45) is 2.03. The molecule has 2 aromatic carbocycles. The molecule has 0 aliphatic heterocycles. The van der Waals surface area contributed by atoms with E-state index in [1.165, 1.54) is 4.80 Å². The molecule has 1 aromatic heterocycles. The number of aromatic nitrogens is 4. The topological polar surface area (TPSA) is 91.6 Å². The van der Waals surface area contributed by atoms with Gasteiger partial charge in [-0.25, -0.2) is 0 Å². The molecule has 0 spiro atoms. The third kappa shape index (κ3) is 4.76. The molecule has 1 heterocycles. The van der Waals surface area contributed by atoms with Gasteiger partial charge in [-0.15, -0.1) is 10.2 Å². The van der Waals surface area contributed by atoms with Crippen molar-refractivity contribution in [3.63, 3.8) is 0 Å². The van der Waals surface area contributed by atoms with Crippen LogP contribution in [0.25, 0.3) is 11.4 Å². The Morgan fingerprint density at radius 2 is 1.77 bits per heavy atom. The van der Waals surface area contributed by atoms with Crippen LogP contribution in [0, 0.1) is 0 Å². The van der Waals surface area contributed by atoms with Crippen molar-refractivity contribution < 1.29 is 19.0 Å². The lowest BCUT2D eigenvalue weighted by molar-refractivity contribution is -0.133. The summed E-state index contributed by atoms with van der Waals surface area (Å²) < 4.78 is 15.8. The molecule has 1 aliphatic carbocycles. The predicted molar refractivity (Wildman–Crippen MR) is 113 cm³/mol. The third-order valence-corrected chi connectivity index (χ3v) is 5.19. The Hall–Kier alpha value is -3.62. The molecule has 0 radical (unpaired) electrons. The van der Waals surface area contributed by atoms with E-state index in [-0.39, 0.29) is 18.5 Å². The summed E-state index contributed by atoms with van der Waals surface area (Å²) >= 11 is 0. The Morgan fingerprint density at radius 1 is 1.03 bits per heavy atom. The highest BCUT2D eigenvalue weighted by atomic mass is 16.5. The van der Waals surface area contributed by atoms with E-state index in [0.29, 0.717) is 23.9 Å². The lowest BCUT2D eigenvalue weighted by Crippen LogP contribution is -2.35. The lowest BCUT2D eigenvalue weighted by atomic mass is 10.2. The molecule has 3 aromatic rings. The Morgan fingerprint density at radius 3 is 2.42 bits per heavy atom. The number of rotatable bonds is 9. The molecule has 4 rings (SSSR count). The van der Waals surface area contributed by atoms with Gasteiger partial charge in [-0.2, -0.15) is 4.80 Å². The number of hydrogen-bond acceptors (Lipinski definition) is 7. The Balaban J connectivity index is 1.45. The van der Waals surface area contributed by atoms with Crippen molar-refractivity contribution in [2.45, 2.75) is 32.0 Å². The normalized spacial score (nSPS) is 13.0. The fourth-order valence-electron chi connectivity index (χ4n) is 3.35. The lowest BCUT2D eigenvalue weighted by Gasteiger charge is -2.22. The summed E-state index contributed by atoms with van der Waals surface area (Å²) in [5, 5.41) is 12.5. The van der Waals surface area contributed by atoms with Crippen molar-refractivity contribution >= 4 is 5.91 Å². The SMILES string of the molecule is COc1ccc(CN(C(=O)Cn2nnc(-c3ccc(OC)c(OC)c3)n2)C2CC2)cc1. The third-order valence-electron chi connectivity index (χ3n) is 5.19. The minimum absolute atomic E-state index is 0.0328. The smallest absolute Gasteiger partial charge is 0.246 e. The maximum Gasteiger partial charge on any atom is 0.246 e. The van der Waals surface area contributed by atoms with Gasteiger partial charge in [-0.05, 0) is 54.0 Å². The fraction of sp³-hybridized carbons (Fsp3) is 0.364. The van der Waals surface area contributed by atoms with Crippen molar-refractivity contribution in [3.8, 4) is 28.6 Å². The summed E-state index contributed by atoms with van der Waals surface area (Å²) in [6, 6.07) is 13.4. The van der Waals surface area contributed by atoms with Gasteiger partial charge in [-0.3, -0.25) is 4.79 Å². The second-order valence-corrected chi connectivity index (χ2v) is 7.31. The second kappa shape index (κ2) is 9.03. The van der Waals surface area contributed by atoms with Crippen LogP contribution < -0.4 is 14.2 Å². The monoisotopic (exact) mass is 423 g/mol. The van der Waals surface area contributed by atoms with Crippen LogP contribution in [0.4, 0.5) is 0 Å². The molecule has 1 aliphatic rings. The van der Waals surface area contributed by atoms with Crippen molar-refractivity contribution in [3.05, 3.63) is 48.0 Å². The van der Waals surface area contributed by atoms with Crippen LogP contribution >= 0.6 is 0 Å². The van der Waals surface area contributed by atoms with Crippen LogP contribution in [0.2, 0.25) is 0 Å². The van der Waals surface area contributed by atoms with E-state index < -0.39 is 0 Å². The summed E-state index contributed by atoms with van der Waals surface area (Å²) in [5.74, 6) is 2.37. The molecule has 31 heavy (non-hydrogen) atoms. The molecule has 1 saturated carbocycles. The van der Waals surface area contributed by atoms with Gasteiger partial charge in [0.15, 0.2) is 11.5 Å². The molecule has 0 unspecified atom stereocenters. The average molecular weight is 423 g/mol. The van der Waals surface area contributed by atoms with E-state index in [4.69, 9.17) is 14.2 Å². The van der Waals surface area contributed by atoms with Crippen LogP contribution in [-0.2, 0) is 17.9 Å². The average Bonchev–Trinajstić information content (AvgIpc) is 3.55. The van der Waals surface area contributed by atoms with Gasteiger partial charge in [-0.1, -0.05) is 12.1 Å². The zero-order valence-electron chi connectivity index (χ0n) is 17.8. The van der Waals surface area contributed by atoms with Gasteiger partial charge in [0.2, 0.25) is 11.7 Å². The first-order chi connectivity index (χ1) is 15.1. The molecule has 0 atom stereocenters. The molecule has 0 saturated heterocycles. The van der Waals surface area contributed by atoms with E-state index >= 15 is 0 Å². The number of carbonyl (C=O) groups is 1. The molecule has 1 amide bonds. The number of ether oxygens (including phenoxy) is 3. The highest BCUT2D eigenvalue weighted by Crippen LogP contribution is 2.31. The number of hydrogen-bond donors (Lipinski definition) is 0. The first-order valence-electron chi connectivity index (χ1n) is 10.0. The van der Waals surface area contributed by atoms with Crippen LogP contribution in [0.15, 0.2) is 42.5 Å². The Labute approximate surface area is 180 Å². The van der Waals surface area contributed by atoms with E-state index in [2.05, 4.69) is 15.4 Å². The molecule has 162 valence electrons. The van der Waals surface area contributed by atoms with Crippen molar-refractivity contribution in [2.75, 3.05) is 21.3 Å². The fourth-order valence-corrected chi connectivity index (χ4v) is 3.35. The number of methoxy groups -OCH3 is 3. The van der Waals surface area contributed by atoms with Crippen molar-refractivity contribution in [1.82, 2.24) is 25.1 Å². The highest BCUT2D eigenvalue weighted by Gasteiger charge is 2.33. The number of carbonyl (C=O) groups excluding carboxylic acids is 1. The van der Waals surface area contributed by atoms with Crippen LogP contribution in [-0.4, -0.2) is 58.4 Å². The zero-order chi connectivity index (χ0) is 21.8. The molecule has 9 heteroatoms. The van der Waals surface area contributed by atoms with Gasteiger partial charge in [0.25, 0.3) is 0 Å². The summed E-state index contributed by atoms with van der Waals surface area (Å²) in [6.45, 7) is 0.581. The first-order valence-corrected chi connectivity index (χ1v) is 10.0. The maximum absolute atomic E-state index is 13.0.